The molecule has 1 aromatic carbocycles. The number of benzene rings is 1. The highest BCUT2D eigenvalue weighted by Crippen LogP contribution is 2.34. The molecule has 0 fully saturated rings. The first-order chi connectivity index (χ1) is 13.4. The summed E-state index contributed by atoms with van der Waals surface area (Å²) < 4.78 is 15.0. The van der Waals surface area contributed by atoms with Gasteiger partial charge in [0.05, 0.1) is 38.6 Å². The first-order valence-corrected chi connectivity index (χ1v) is 9.30. The fourth-order valence-corrected chi connectivity index (χ4v) is 3.61. The number of carbonyl (C=O) groups is 3. The van der Waals surface area contributed by atoms with E-state index in [1.54, 1.807) is 19.1 Å². The molecule has 150 valence electrons. The van der Waals surface area contributed by atoms with E-state index in [1.807, 2.05) is 19.1 Å². The molecule has 0 aliphatic carbocycles. The van der Waals surface area contributed by atoms with Crippen molar-refractivity contribution in [1.82, 2.24) is 0 Å². The molecule has 0 radical (unpaired) electrons. The molecule has 9 heteroatoms. The Hall–Kier alpha value is -3.07. The summed E-state index contributed by atoms with van der Waals surface area (Å²) in [7, 11) is 2.48. The highest BCUT2D eigenvalue weighted by Gasteiger charge is 2.26. The predicted molar refractivity (Wildman–Crippen MR) is 106 cm³/mol. The van der Waals surface area contributed by atoms with Gasteiger partial charge in [0.2, 0.25) is 5.91 Å². The summed E-state index contributed by atoms with van der Waals surface area (Å²) in [5.74, 6) is -0.993. The van der Waals surface area contributed by atoms with Crippen LogP contribution in [0, 0.1) is 6.92 Å². The number of hydrogen-bond donors (Lipinski definition) is 2. The van der Waals surface area contributed by atoms with E-state index < -0.39 is 17.8 Å². The van der Waals surface area contributed by atoms with Crippen molar-refractivity contribution in [3.8, 4) is 5.75 Å². The van der Waals surface area contributed by atoms with Gasteiger partial charge in [-0.25, -0.2) is 9.59 Å². The maximum atomic E-state index is 12.4. The lowest BCUT2D eigenvalue weighted by Crippen LogP contribution is -2.22. The molecule has 1 amide bonds. The number of methoxy groups -OCH3 is 2. The van der Waals surface area contributed by atoms with Crippen molar-refractivity contribution >= 4 is 39.9 Å². The molecule has 0 aliphatic heterocycles. The van der Waals surface area contributed by atoms with Crippen LogP contribution >= 0.6 is 11.3 Å². The summed E-state index contributed by atoms with van der Waals surface area (Å²) in [6.07, 6.45) is 0. The topological polar surface area (TPSA) is 103 Å². The fourth-order valence-electron chi connectivity index (χ4n) is 2.48. The second kappa shape index (κ2) is 9.75. The van der Waals surface area contributed by atoms with E-state index in [0.717, 1.165) is 11.3 Å². The summed E-state index contributed by atoms with van der Waals surface area (Å²) in [5.41, 5.74) is 1.20. The van der Waals surface area contributed by atoms with Crippen molar-refractivity contribution in [1.29, 1.82) is 0 Å². The smallest absolute Gasteiger partial charge is 0.348 e. The average molecular weight is 406 g/mol. The molecule has 0 spiro atoms. The van der Waals surface area contributed by atoms with Gasteiger partial charge in [-0.15, -0.1) is 11.3 Å². The van der Waals surface area contributed by atoms with Crippen LogP contribution in [0.25, 0.3) is 0 Å². The SMILES string of the molecule is CCOc1ccccc1NCC(=O)Nc1sc(C(=O)OC)c(C)c1C(=O)OC. The molecule has 0 aliphatic rings. The number of amides is 1. The third-order valence-electron chi connectivity index (χ3n) is 3.79. The first kappa shape index (κ1) is 21.2. The lowest BCUT2D eigenvalue weighted by atomic mass is 10.1. The molecule has 2 N–H and O–H groups in total. The van der Waals surface area contributed by atoms with E-state index in [2.05, 4.69) is 10.6 Å². The Morgan fingerprint density at radius 1 is 1.07 bits per heavy atom. The maximum absolute atomic E-state index is 12.4. The Bertz CT molecular complexity index is 877. The lowest BCUT2D eigenvalue weighted by molar-refractivity contribution is -0.114. The van der Waals surface area contributed by atoms with Crippen molar-refractivity contribution in [2.45, 2.75) is 13.8 Å². The molecule has 1 heterocycles. The summed E-state index contributed by atoms with van der Waals surface area (Å²) in [6.45, 7) is 3.91. The van der Waals surface area contributed by atoms with E-state index in [0.29, 0.717) is 23.6 Å². The molecule has 0 bridgehead atoms. The van der Waals surface area contributed by atoms with Gasteiger partial charge in [0.25, 0.3) is 0 Å². The van der Waals surface area contributed by atoms with E-state index >= 15 is 0 Å². The lowest BCUT2D eigenvalue weighted by Gasteiger charge is -2.12. The predicted octanol–water partition coefficient (Wildman–Crippen LogP) is 3.08. The number of carbonyl (C=O) groups excluding carboxylic acids is 3. The third kappa shape index (κ3) is 4.80. The standard InChI is InChI=1S/C19H22N2O6S/c1-5-27-13-9-7-6-8-12(13)20-10-14(22)21-17-15(18(23)25-3)11(2)16(28-17)19(24)26-4/h6-9,20H,5,10H2,1-4H3,(H,21,22). The van der Waals surface area contributed by atoms with Crippen LogP contribution in [0.1, 0.15) is 32.5 Å². The Balaban J connectivity index is 2.17. The molecular formula is C19H22N2O6S. The first-order valence-electron chi connectivity index (χ1n) is 8.48. The van der Waals surface area contributed by atoms with Crippen LogP contribution in [-0.4, -0.2) is 45.2 Å². The van der Waals surface area contributed by atoms with Crippen molar-refractivity contribution in [2.24, 2.45) is 0 Å². The van der Waals surface area contributed by atoms with E-state index in [-0.39, 0.29) is 22.0 Å². The normalized spacial score (nSPS) is 10.1. The third-order valence-corrected chi connectivity index (χ3v) is 4.97. The minimum Gasteiger partial charge on any atom is -0.492 e. The van der Waals surface area contributed by atoms with Gasteiger partial charge in [-0.3, -0.25) is 4.79 Å². The molecule has 2 rings (SSSR count). The number of anilines is 2. The Labute approximate surface area is 166 Å². The van der Waals surface area contributed by atoms with Crippen LogP contribution in [0.15, 0.2) is 24.3 Å². The molecule has 8 nitrogen and oxygen atoms in total. The molecule has 0 unspecified atom stereocenters. The van der Waals surface area contributed by atoms with Crippen LogP contribution < -0.4 is 15.4 Å². The van der Waals surface area contributed by atoms with Gasteiger partial charge in [0, 0.05) is 0 Å². The number of ether oxygens (including phenoxy) is 3. The average Bonchev–Trinajstić information content (AvgIpc) is 3.02. The van der Waals surface area contributed by atoms with Crippen molar-refractivity contribution < 1.29 is 28.6 Å². The second-order valence-corrected chi connectivity index (χ2v) is 6.59. The van der Waals surface area contributed by atoms with Crippen LogP contribution in [-0.2, 0) is 14.3 Å². The minimum absolute atomic E-state index is 0.0603. The van der Waals surface area contributed by atoms with Gasteiger partial charge in [-0.05, 0) is 31.5 Å². The summed E-state index contributed by atoms with van der Waals surface area (Å²) >= 11 is 0.964. The Morgan fingerprint density at radius 2 is 1.75 bits per heavy atom. The van der Waals surface area contributed by atoms with Crippen molar-refractivity contribution in [2.75, 3.05) is 38.0 Å². The van der Waals surface area contributed by atoms with Crippen molar-refractivity contribution in [3.05, 3.63) is 40.3 Å². The monoisotopic (exact) mass is 406 g/mol. The van der Waals surface area contributed by atoms with E-state index in [9.17, 15) is 14.4 Å². The molecule has 2 aromatic rings. The molecular weight excluding hydrogens is 384 g/mol. The van der Waals surface area contributed by atoms with Gasteiger partial charge < -0.3 is 24.8 Å². The molecule has 28 heavy (non-hydrogen) atoms. The van der Waals surface area contributed by atoms with Gasteiger partial charge in [-0.2, -0.15) is 0 Å². The molecule has 0 saturated carbocycles. The number of rotatable bonds is 8. The summed E-state index contributed by atoms with van der Waals surface area (Å²) in [5, 5.41) is 5.88. The number of nitrogens with one attached hydrogen (secondary N) is 2. The van der Waals surface area contributed by atoms with E-state index in [4.69, 9.17) is 14.2 Å². The van der Waals surface area contributed by atoms with Crippen molar-refractivity contribution in [3.63, 3.8) is 0 Å². The van der Waals surface area contributed by atoms with Crippen LogP contribution in [0.3, 0.4) is 0 Å². The zero-order valence-corrected chi connectivity index (χ0v) is 16.9. The van der Waals surface area contributed by atoms with Gasteiger partial charge in [0.1, 0.15) is 15.6 Å². The number of hydrogen-bond acceptors (Lipinski definition) is 8. The van der Waals surface area contributed by atoms with Crippen LogP contribution in [0.2, 0.25) is 0 Å². The number of thiophene rings is 1. The quantitative estimate of drug-likeness (QED) is 0.650. The van der Waals surface area contributed by atoms with Crippen LogP contribution in [0.4, 0.5) is 10.7 Å². The number of esters is 2. The van der Waals surface area contributed by atoms with Gasteiger partial charge in [0.15, 0.2) is 0 Å². The van der Waals surface area contributed by atoms with E-state index in [1.165, 1.54) is 14.2 Å². The zero-order chi connectivity index (χ0) is 20.7. The Kier molecular flexibility index (Phi) is 7.39. The zero-order valence-electron chi connectivity index (χ0n) is 16.1. The van der Waals surface area contributed by atoms with Gasteiger partial charge >= 0.3 is 11.9 Å². The van der Waals surface area contributed by atoms with Gasteiger partial charge in [-0.1, -0.05) is 12.1 Å². The molecule has 1 aromatic heterocycles. The largest absolute Gasteiger partial charge is 0.492 e. The highest BCUT2D eigenvalue weighted by atomic mass is 32.1. The molecule has 0 saturated heterocycles. The fraction of sp³-hybridized carbons (Fsp3) is 0.316. The number of para-hydroxylation sites is 2. The Morgan fingerprint density at radius 3 is 2.39 bits per heavy atom. The minimum atomic E-state index is -0.645. The molecule has 0 atom stereocenters. The highest BCUT2D eigenvalue weighted by molar-refractivity contribution is 7.18. The maximum Gasteiger partial charge on any atom is 0.348 e. The summed E-state index contributed by atoms with van der Waals surface area (Å²) in [6, 6.07) is 7.25. The van der Waals surface area contributed by atoms with Crippen LogP contribution in [0.5, 0.6) is 5.75 Å². The second-order valence-electron chi connectivity index (χ2n) is 5.57. The summed E-state index contributed by atoms with van der Waals surface area (Å²) in [4.78, 5) is 36.6.